The zero-order chi connectivity index (χ0) is 33.4. The number of aryl methyl sites for hydroxylation is 2. The summed E-state index contributed by atoms with van der Waals surface area (Å²) >= 11 is 1.37. The van der Waals surface area contributed by atoms with Crippen molar-refractivity contribution in [3.05, 3.63) is 71.1 Å². The highest BCUT2D eigenvalue weighted by atomic mass is 32.1. The van der Waals surface area contributed by atoms with Crippen molar-refractivity contribution in [2.45, 2.75) is 57.7 Å². The maximum absolute atomic E-state index is 12.6. The molecule has 12 nitrogen and oxygen atoms in total. The van der Waals surface area contributed by atoms with Crippen LogP contribution < -0.4 is 20.4 Å². The molecule has 2 saturated heterocycles. The summed E-state index contributed by atoms with van der Waals surface area (Å²) in [5.74, 6) is 1.53. The summed E-state index contributed by atoms with van der Waals surface area (Å²) in [6.45, 7) is 6.08. The van der Waals surface area contributed by atoms with Crippen LogP contribution in [0.5, 0.6) is 0 Å². The maximum Gasteiger partial charge on any atom is 0.237 e. The predicted octanol–water partition coefficient (Wildman–Crippen LogP) is 4.23. The Morgan fingerprint density at radius 3 is 2.50 bits per heavy atom. The number of nitrogens with one attached hydrogen (secondary N) is 2. The molecular formula is C35H38N10O2S. The van der Waals surface area contributed by atoms with Gasteiger partial charge in [0.2, 0.25) is 11.9 Å². The highest BCUT2D eigenvalue weighted by Crippen LogP contribution is 2.37. The number of carbonyl (C=O) groups is 1. The Hall–Kier alpha value is -4.90. The normalized spacial score (nSPS) is 18.3. The largest absolute Gasteiger partial charge is 0.392 e. The topological polar surface area (TPSA) is 148 Å². The molecule has 13 heteroatoms. The molecular weight excluding hydrogens is 625 g/mol. The second-order valence-corrected chi connectivity index (χ2v) is 13.5. The van der Waals surface area contributed by atoms with E-state index >= 15 is 0 Å². The average Bonchev–Trinajstić information content (AvgIpc) is 3.85. The van der Waals surface area contributed by atoms with Gasteiger partial charge < -0.3 is 25.5 Å². The number of aromatic nitrogens is 5. The first-order valence-electron chi connectivity index (χ1n) is 16.3. The van der Waals surface area contributed by atoms with E-state index in [4.69, 9.17) is 19.9 Å². The SMILES string of the molecule is CCc1nc2ccc(-c3cnc(N4CCC(NC(=O)[C@H]5C[C@H](O)CN5)CC4)nc3)cn2c1N(C)c1nc(-c2ccc(C)cc2)c(C#N)s1. The number of β-amino-alcohol motifs (C(OH)–C–C–N with tert-alkyl or cyclic N) is 1. The van der Waals surface area contributed by atoms with Crippen LogP contribution >= 0.6 is 11.3 Å². The third-order valence-corrected chi connectivity index (χ3v) is 10.2. The number of hydrogen-bond acceptors (Lipinski definition) is 11. The summed E-state index contributed by atoms with van der Waals surface area (Å²) in [6.07, 6.45) is 8.10. The number of piperidine rings is 1. The number of thiazole rings is 1. The van der Waals surface area contributed by atoms with Crippen molar-refractivity contribution in [2.24, 2.45) is 0 Å². The lowest BCUT2D eigenvalue weighted by molar-refractivity contribution is -0.123. The molecule has 1 amide bonds. The number of aliphatic hydroxyl groups is 1. The van der Waals surface area contributed by atoms with Gasteiger partial charge in [0.25, 0.3) is 0 Å². The van der Waals surface area contributed by atoms with Gasteiger partial charge in [-0.3, -0.25) is 9.20 Å². The van der Waals surface area contributed by atoms with E-state index in [9.17, 15) is 15.2 Å². The van der Waals surface area contributed by atoms with Gasteiger partial charge in [-0.05, 0) is 44.7 Å². The number of aliphatic hydroxyl groups excluding tert-OH is 1. The zero-order valence-corrected chi connectivity index (χ0v) is 28.0. The van der Waals surface area contributed by atoms with E-state index < -0.39 is 6.10 Å². The first-order chi connectivity index (χ1) is 23.3. The van der Waals surface area contributed by atoms with Gasteiger partial charge in [0.1, 0.15) is 28.1 Å². The van der Waals surface area contributed by atoms with Gasteiger partial charge in [-0.15, -0.1) is 0 Å². The molecule has 2 fully saturated rings. The van der Waals surface area contributed by atoms with Crippen molar-refractivity contribution in [1.29, 1.82) is 5.26 Å². The summed E-state index contributed by atoms with van der Waals surface area (Å²) in [5.41, 5.74) is 6.35. The number of fused-ring (bicyclic) bond motifs is 1. The standard InChI is InChI=1S/C35H38N10O2S/c1-4-27-33(43(3)35-42-31(29(16-36)48-35)22-7-5-21(2)6-8-22)45-20-23(9-10-30(45)41-27)24-17-38-34(39-18-24)44-13-11-25(12-14-44)40-32(47)28-15-26(46)19-37-28/h5-10,17-18,20,25-26,28,37,46H,4,11-15,19H2,1-3H3,(H,40,47)/t26-,28+/m0/s1. The van der Waals surface area contributed by atoms with Crippen molar-refractivity contribution in [3.8, 4) is 28.5 Å². The lowest BCUT2D eigenvalue weighted by atomic mass is 10.0. The van der Waals surface area contributed by atoms with E-state index in [-0.39, 0.29) is 18.0 Å². The molecule has 0 bridgehead atoms. The van der Waals surface area contributed by atoms with Crippen molar-refractivity contribution in [2.75, 3.05) is 36.5 Å². The molecule has 5 aromatic rings. The third kappa shape index (κ3) is 6.22. The molecule has 0 unspecified atom stereocenters. The van der Waals surface area contributed by atoms with Gasteiger partial charge in [0, 0.05) is 68.0 Å². The maximum atomic E-state index is 12.6. The van der Waals surface area contributed by atoms with Crippen LogP contribution in [0.1, 0.15) is 42.3 Å². The van der Waals surface area contributed by atoms with Gasteiger partial charge in [-0.1, -0.05) is 48.1 Å². The van der Waals surface area contributed by atoms with Gasteiger partial charge in [0.15, 0.2) is 5.13 Å². The molecule has 3 N–H and O–H groups in total. The number of amides is 1. The number of rotatable bonds is 8. The van der Waals surface area contributed by atoms with Crippen LogP contribution in [0.3, 0.4) is 0 Å². The minimum atomic E-state index is -0.456. The number of carbonyl (C=O) groups excluding carboxylic acids is 1. The summed E-state index contributed by atoms with van der Waals surface area (Å²) in [5, 5.41) is 26.6. The van der Waals surface area contributed by atoms with Gasteiger partial charge in [-0.25, -0.2) is 19.9 Å². The predicted molar refractivity (Wildman–Crippen MR) is 186 cm³/mol. The molecule has 7 rings (SSSR count). The quantitative estimate of drug-likeness (QED) is 0.221. The summed E-state index contributed by atoms with van der Waals surface area (Å²) < 4.78 is 2.07. The summed E-state index contributed by atoms with van der Waals surface area (Å²) in [4.78, 5) is 36.6. The highest BCUT2D eigenvalue weighted by molar-refractivity contribution is 7.16. The molecule has 0 radical (unpaired) electrons. The molecule has 48 heavy (non-hydrogen) atoms. The second kappa shape index (κ2) is 13.3. The minimum absolute atomic E-state index is 0.0357. The molecule has 0 saturated carbocycles. The Morgan fingerprint density at radius 2 is 1.83 bits per heavy atom. The van der Waals surface area contributed by atoms with Crippen molar-refractivity contribution in [3.63, 3.8) is 0 Å². The number of hydrogen-bond donors (Lipinski definition) is 3. The molecule has 2 atom stereocenters. The van der Waals surface area contributed by atoms with Crippen molar-refractivity contribution < 1.29 is 9.90 Å². The van der Waals surface area contributed by atoms with Gasteiger partial charge >= 0.3 is 0 Å². The number of anilines is 3. The number of benzene rings is 1. The van der Waals surface area contributed by atoms with E-state index in [1.54, 1.807) is 0 Å². The van der Waals surface area contributed by atoms with Crippen molar-refractivity contribution >= 4 is 39.8 Å². The van der Waals surface area contributed by atoms with Crippen molar-refractivity contribution in [1.82, 2.24) is 35.0 Å². The highest BCUT2D eigenvalue weighted by Gasteiger charge is 2.30. The van der Waals surface area contributed by atoms with Gasteiger partial charge in [-0.2, -0.15) is 5.26 Å². The third-order valence-electron chi connectivity index (χ3n) is 9.16. The molecule has 1 aromatic carbocycles. The fourth-order valence-corrected chi connectivity index (χ4v) is 7.29. The van der Waals surface area contributed by atoms with Crippen LogP contribution in [-0.4, -0.2) is 80.2 Å². The van der Waals surface area contributed by atoms with E-state index in [0.29, 0.717) is 34.6 Å². The molecule has 4 aromatic heterocycles. The number of pyridine rings is 1. The Morgan fingerprint density at radius 1 is 1.10 bits per heavy atom. The van der Waals surface area contributed by atoms with Crippen LogP contribution in [0.2, 0.25) is 0 Å². The molecule has 2 aliphatic heterocycles. The average molecular weight is 663 g/mol. The smallest absolute Gasteiger partial charge is 0.237 e. The molecule has 246 valence electrons. The fourth-order valence-electron chi connectivity index (χ4n) is 6.45. The number of nitriles is 1. The summed E-state index contributed by atoms with van der Waals surface area (Å²) in [7, 11) is 1.97. The lowest BCUT2D eigenvalue weighted by Crippen LogP contribution is -2.49. The molecule has 0 aliphatic carbocycles. The number of nitrogens with zero attached hydrogens (tertiary/aromatic N) is 8. The first-order valence-corrected chi connectivity index (χ1v) is 17.1. The molecule has 6 heterocycles. The first kappa shape index (κ1) is 31.7. The number of imidazole rings is 1. The fraction of sp³-hybridized carbons (Fsp3) is 0.371. The van der Waals surface area contributed by atoms with E-state index in [0.717, 1.165) is 71.8 Å². The van der Waals surface area contributed by atoms with E-state index in [1.165, 1.54) is 11.3 Å². The Kier molecular flexibility index (Phi) is 8.79. The van der Waals surface area contributed by atoms with Crippen LogP contribution in [0.15, 0.2) is 55.0 Å². The molecule has 0 spiro atoms. The van der Waals surface area contributed by atoms with Crippen LogP contribution in [-0.2, 0) is 11.2 Å². The minimum Gasteiger partial charge on any atom is -0.392 e. The Labute approximate surface area is 283 Å². The van der Waals surface area contributed by atoms with Crippen LogP contribution in [0, 0.1) is 18.3 Å². The molecule has 2 aliphatic rings. The Balaban J connectivity index is 1.08. The zero-order valence-electron chi connectivity index (χ0n) is 27.2. The van der Waals surface area contributed by atoms with E-state index in [1.807, 2.05) is 67.7 Å². The van der Waals surface area contributed by atoms with Gasteiger partial charge in [0.05, 0.1) is 17.8 Å². The summed E-state index contributed by atoms with van der Waals surface area (Å²) in [6, 6.07) is 14.2. The van der Waals surface area contributed by atoms with Crippen LogP contribution in [0.4, 0.5) is 16.9 Å². The van der Waals surface area contributed by atoms with Crippen LogP contribution in [0.25, 0.3) is 28.0 Å². The Bertz CT molecular complexity index is 1970. The monoisotopic (exact) mass is 662 g/mol. The lowest BCUT2D eigenvalue weighted by Gasteiger charge is -2.32. The second-order valence-electron chi connectivity index (χ2n) is 12.5. The van der Waals surface area contributed by atoms with E-state index in [2.05, 4.69) is 39.1 Å².